The number of aryl methyl sites for hydroxylation is 1. The zero-order valence-electron chi connectivity index (χ0n) is 13.4. The fourth-order valence-electron chi connectivity index (χ4n) is 2.18. The maximum absolute atomic E-state index is 13.9. The molecule has 0 heterocycles. The predicted octanol–water partition coefficient (Wildman–Crippen LogP) is 3.33. The summed E-state index contributed by atoms with van der Waals surface area (Å²) in [7, 11) is -4.10. The van der Waals surface area contributed by atoms with Gasteiger partial charge in [-0.25, -0.2) is 17.2 Å². The van der Waals surface area contributed by atoms with Crippen LogP contribution < -0.4 is 9.62 Å². The Morgan fingerprint density at radius 3 is 2.32 bits per heavy atom. The highest BCUT2D eigenvalue weighted by Gasteiger charge is 2.26. The first-order valence-electron chi connectivity index (χ1n) is 7.07. The standard InChI is InChI=1S/C16H15ClF2N2O3S/c1-10-8-11(17)6-7-14(10)20-15(22)9-21(25(2,23)24)16-12(18)4-3-5-13(16)19/h3-8H,9H2,1-2H3,(H,20,22). The lowest BCUT2D eigenvalue weighted by atomic mass is 10.2. The summed E-state index contributed by atoms with van der Waals surface area (Å²) < 4.78 is 52.1. The molecular formula is C16H15ClF2N2O3S. The van der Waals surface area contributed by atoms with Crippen molar-refractivity contribution in [2.24, 2.45) is 0 Å². The summed E-state index contributed by atoms with van der Waals surface area (Å²) in [5, 5.41) is 2.97. The molecule has 9 heteroatoms. The third kappa shape index (κ3) is 4.67. The smallest absolute Gasteiger partial charge is 0.245 e. The van der Waals surface area contributed by atoms with Crippen molar-refractivity contribution in [2.75, 3.05) is 22.4 Å². The molecule has 2 aromatic carbocycles. The summed E-state index contributed by atoms with van der Waals surface area (Å²) in [5.41, 5.74) is 0.272. The van der Waals surface area contributed by atoms with Gasteiger partial charge in [0, 0.05) is 10.7 Å². The minimum Gasteiger partial charge on any atom is -0.324 e. The number of carbonyl (C=O) groups excluding carboxylic acids is 1. The van der Waals surface area contributed by atoms with Crippen LogP contribution in [-0.4, -0.2) is 27.1 Å². The van der Waals surface area contributed by atoms with E-state index in [1.165, 1.54) is 0 Å². The number of halogens is 3. The molecule has 0 spiro atoms. The number of amides is 1. The van der Waals surface area contributed by atoms with Crippen molar-refractivity contribution < 1.29 is 22.0 Å². The third-order valence-corrected chi connectivity index (χ3v) is 4.68. The maximum atomic E-state index is 13.9. The Balaban J connectivity index is 2.31. The Labute approximate surface area is 149 Å². The molecule has 134 valence electrons. The molecule has 0 unspecified atom stereocenters. The van der Waals surface area contributed by atoms with Crippen molar-refractivity contribution in [3.05, 3.63) is 58.6 Å². The van der Waals surface area contributed by atoms with Gasteiger partial charge in [0.1, 0.15) is 12.2 Å². The van der Waals surface area contributed by atoms with Gasteiger partial charge in [-0.05, 0) is 42.8 Å². The van der Waals surface area contributed by atoms with Crippen LogP contribution in [0.3, 0.4) is 0 Å². The van der Waals surface area contributed by atoms with Crippen LogP contribution in [0.1, 0.15) is 5.56 Å². The molecule has 0 aliphatic carbocycles. The van der Waals surface area contributed by atoms with Gasteiger partial charge in [0.15, 0.2) is 11.6 Å². The van der Waals surface area contributed by atoms with Gasteiger partial charge in [0.05, 0.1) is 6.26 Å². The molecule has 0 aliphatic rings. The van der Waals surface area contributed by atoms with E-state index in [1.54, 1.807) is 25.1 Å². The average molecular weight is 389 g/mol. The maximum Gasteiger partial charge on any atom is 0.245 e. The molecule has 2 rings (SSSR count). The Morgan fingerprint density at radius 1 is 1.20 bits per heavy atom. The fraction of sp³-hybridized carbons (Fsp3) is 0.188. The van der Waals surface area contributed by atoms with Crippen molar-refractivity contribution in [1.82, 2.24) is 0 Å². The number of sulfonamides is 1. The Hall–Kier alpha value is -2.19. The lowest BCUT2D eigenvalue weighted by Gasteiger charge is -2.23. The zero-order valence-corrected chi connectivity index (χ0v) is 15.0. The Morgan fingerprint density at radius 2 is 1.80 bits per heavy atom. The minimum atomic E-state index is -4.10. The molecule has 0 saturated carbocycles. The second-order valence-corrected chi connectivity index (χ2v) is 7.69. The van der Waals surface area contributed by atoms with Crippen LogP contribution in [0.4, 0.5) is 20.2 Å². The predicted molar refractivity (Wildman–Crippen MR) is 93.4 cm³/mol. The lowest BCUT2D eigenvalue weighted by molar-refractivity contribution is -0.114. The molecule has 2 aromatic rings. The summed E-state index contributed by atoms with van der Waals surface area (Å²) in [6.07, 6.45) is 0.764. The largest absolute Gasteiger partial charge is 0.324 e. The summed E-state index contributed by atoms with van der Waals surface area (Å²) >= 11 is 5.83. The van der Waals surface area contributed by atoms with E-state index in [0.717, 1.165) is 24.5 Å². The van der Waals surface area contributed by atoms with E-state index in [9.17, 15) is 22.0 Å². The Kier molecular flexibility index (Phi) is 5.64. The first-order chi connectivity index (χ1) is 11.6. The van der Waals surface area contributed by atoms with E-state index in [-0.39, 0.29) is 0 Å². The molecule has 0 aromatic heterocycles. The average Bonchev–Trinajstić information content (AvgIpc) is 2.48. The van der Waals surface area contributed by atoms with Crippen LogP contribution in [0.2, 0.25) is 5.02 Å². The van der Waals surface area contributed by atoms with Crippen molar-refractivity contribution in [2.45, 2.75) is 6.92 Å². The highest BCUT2D eigenvalue weighted by molar-refractivity contribution is 7.92. The van der Waals surface area contributed by atoms with Crippen LogP contribution in [0.5, 0.6) is 0 Å². The normalized spacial score (nSPS) is 11.2. The molecule has 0 atom stereocenters. The first-order valence-corrected chi connectivity index (χ1v) is 9.30. The molecule has 5 nitrogen and oxygen atoms in total. The van der Waals surface area contributed by atoms with E-state index in [4.69, 9.17) is 11.6 Å². The van der Waals surface area contributed by atoms with Gasteiger partial charge in [-0.2, -0.15) is 0 Å². The van der Waals surface area contributed by atoms with Crippen LogP contribution in [0, 0.1) is 18.6 Å². The zero-order chi connectivity index (χ0) is 18.8. The van der Waals surface area contributed by atoms with Crippen molar-refractivity contribution in [1.29, 1.82) is 0 Å². The van der Waals surface area contributed by atoms with Gasteiger partial charge in [0.2, 0.25) is 15.9 Å². The second kappa shape index (κ2) is 7.37. The number of benzene rings is 2. The van der Waals surface area contributed by atoms with E-state index in [0.29, 0.717) is 20.6 Å². The Bertz CT molecular complexity index is 899. The van der Waals surface area contributed by atoms with Crippen molar-refractivity contribution in [3.8, 4) is 0 Å². The molecule has 0 radical (unpaired) electrons. The molecule has 0 saturated heterocycles. The van der Waals surface area contributed by atoms with E-state index in [1.807, 2.05) is 0 Å². The molecular weight excluding hydrogens is 374 g/mol. The molecule has 0 bridgehead atoms. The van der Waals surface area contributed by atoms with Gasteiger partial charge >= 0.3 is 0 Å². The van der Waals surface area contributed by atoms with Gasteiger partial charge in [-0.15, -0.1) is 0 Å². The van der Waals surface area contributed by atoms with Crippen LogP contribution in [-0.2, 0) is 14.8 Å². The van der Waals surface area contributed by atoms with Gasteiger partial charge in [-0.3, -0.25) is 9.10 Å². The van der Waals surface area contributed by atoms with E-state index >= 15 is 0 Å². The monoisotopic (exact) mass is 388 g/mol. The summed E-state index contributed by atoms with van der Waals surface area (Å²) in [6, 6.07) is 7.64. The number of carbonyl (C=O) groups is 1. The quantitative estimate of drug-likeness (QED) is 0.854. The number of hydrogen-bond donors (Lipinski definition) is 1. The van der Waals surface area contributed by atoms with Crippen molar-refractivity contribution in [3.63, 3.8) is 0 Å². The number of anilines is 2. The van der Waals surface area contributed by atoms with E-state index < -0.39 is 39.8 Å². The first kappa shape index (κ1) is 19.1. The number of nitrogens with one attached hydrogen (secondary N) is 1. The lowest BCUT2D eigenvalue weighted by Crippen LogP contribution is -2.38. The molecule has 0 aliphatic heterocycles. The van der Waals surface area contributed by atoms with Crippen LogP contribution in [0.25, 0.3) is 0 Å². The molecule has 0 fully saturated rings. The summed E-state index contributed by atoms with van der Waals surface area (Å²) in [4.78, 5) is 12.2. The molecule has 1 N–H and O–H groups in total. The van der Waals surface area contributed by atoms with E-state index in [2.05, 4.69) is 5.32 Å². The van der Waals surface area contributed by atoms with Gasteiger partial charge in [-0.1, -0.05) is 17.7 Å². The number of para-hydroxylation sites is 1. The SMILES string of the molecule is Cc1cc(Cl)ccc1NC(=O)CN(c1c(F)cccc1F)S(C)(=O)=O. The minimum absolute atomic E-state index is 0.387. The number of hydrogen-bond acceptors (Lipinski definition) is 3. The second-order valence-electron chi connectivity index (χ2n) is 5.35. The number of rotatable bonds is 5. The van der Waals surface area contributed by atoms with Crippen LogP contribution >= 0.6 is 11.6 Å². The molecule has 25 heavy (non-hydrogen) atoms. The third-order valence-electron chi connectivity index (χ3n) is 3.34. The van der Waals surface area contributed by atoms with Gasteiger partial charge < -0.3 is 5.32 Å². The highest BCUT2D eigenvalue weighted by Crippen LogP contribution is 2.26. The highest BCUT2D eigenvalue weighted by atomic mass is 35.5. The summed E-state index contributed by atoms with van der Waals surface area (Å²) in [5.74, 6) is -2.92. The summed E-state index contributed by atoms with van der Waals surface area (Å²) in [6.45, 7) is 0.922. The fourth-order valence-corrected chi connectivity index (χ4v) is 3.26. The molecule has 1 amide bonds. The number of nitrogens with zero attached hydrogens (tertiary/aromatic N) is 1. The van der Waals surface area contributed by atoms with Crippen LogP contribution in [0.15, 0.2) is 36.4 Å². The van der Waals surface area contributed by atoms with Gasteiger partial charge in [0.25, 0.3) is 0 Å². The topological polar surface area (TPSA) is 66.5 Å². The van der Waals surface area contributed by atoms with Crippen molar-refractivity contribution >= 4 is 38.9 Å².